The van der Waals surface area contributed by atoms with Gasteiger partial charge in [-0.25, -0.2) is 19.0 Å². The first-order valence-electron chi connectivity index (χ1n) is 16.4. The topological polar surface area (TPSA) is 245 Å². The van der Waals surface area contributed by atoms with Gasteiger partial charge < -0.3 is 30.5 Å². The maximum atomic E-state index is 15.5. The van der Waals surface area contributed by atoms with E-state index < -0.39 is 29.6 Å². The van der Waals surface area contributed by atoms with Crippen molar-refractivity contribution in [2.45, 2.75) is 19.3 Å². The number of rotatable bonds is 12. The molecule has 20 heteroatoms. The van der Waals surface area contributed by atoms with Crippen LogP contribution in [-0.2, 0) is 17.6 Å². The van der Waals surface area contributed by atoms with Gasteiger partial charge in [0.05, 0.1) is 35.7 Å². The van der Waals surface area contributed by atoms with E-state index in [1.165, 1.54) is 30.6 Å². The van der Waals surface area contributed by atoms with Crippen LogP contribution < -0.4 is 15.5 Å². The molecule has 5 heterocycles. The van der Waals surface area contributed by atoms with Crippen LogP contribution in [0.3, 0.4) is 0 Å². The molecule has 1 fully saturated rings. The Labute approximate surface area is 303 Å². The van der Waals surface area contributed by atoms with Crippen molar-refractivity contribution in [2.75, 3.05) is 41.8 Å². The molecule has 0 atom stereocenters. The number of aromatic carboxylic acids is 2. The number of carboxylic acid groups (broad SMARTS) is 2. The van der Waals surface area contributed by atoms with Crippen molar-refractivity contribution < 1.29 is 38.5 Å². The Morgan fingerprint density at radius 3 is 2.22 bits per heavy atom. The number of benzene rings is 2. The van der Waals surface area contributed by atoms with Crippen molar-refractivity contribution in [1.29, 1.82) is 0 Å². The van der Waals surface area contributed by atoms with Crippen molar-refractivity contribution in [3.8, 4) is 5.82 Å². The van der Waals surface area contributed by atoms with Gasteiger partial charge in [-0.1, -0.05) is 0 Å². The van der Waals surface area contributed by atoms with Gasteiger partial charge in [-0.05, 0) is 89.3 Å². The van der Waals surface area contributed by atoms with Crippen LogP contribution in [-0.4, -0.2) is 105 Å². The summed E-state index contributed by atoms with van der Waals surface area (Å²) in [5.74, 6) is -4.47. The van der Waals surface area contributed by atoms with Crippen LogP contribution >= 0.6 is 0 Å². The Hall–Kier alpha value is -7.22. The largest absolute Gasteiger partial charge is 0.478 e. The highest BCUT2D eigenvalue weighted by atomic mass is 19.1. The number of hydrogen-bond donors (Lipinski definition) is 4. The molecule has 2 amide bonds. The molecule has 7 rings (SSSR count). The number of amides is 2. The number of hydrogen-bond acceptors (Lipinski definition) is 13. The molecule has 4 N–H and O–H groups in total. The second kappa shape index (κ2) is 15.2. The summed E-state index contributed by atoms with van der Waals surface area (Å²) in [5, 5.41) is 47.9. The van der Waals surface area contributed by atoms with Gasteiger partial charge >= 0.3 is 11.9 Å². The second-order valence-electron chi connectivity index (χ2n) is 12.0. The summed E-state index contributed by atoms with van der Waals surface area (Å²) in [4.78, 5) is 56.7. The van der Waals surface area contributed by atoms with Crippen LogP contribution in [0.5, 0.6) is 0 Å². The number of halogens is 1. The molecule has 0 spiro atoms. The van der Waals surface area contributed by atoms with Gasteiger partial charge in [-0.2, -0.15) is 0 Å². The zero-order valence-electron chi connectivity index (χ0n) is 28.1. The molecule has 0 radical (unpaired) electrons. The predicted molar refractivity (Wildman–Crippen MR) is 185 cm³/mol. The molecule has 0 saturated carbocycles. The van der Waals surface area contributed by atoms with Gasteiger partial charge in [0.25, 0.3) is 11.8 Å². The maximum Gasteiger partial charge on any atom is 0.337 e. The van der Waals surface area contributed by atoms with Crippen molar-refractivity contribution >= 4 is 46.5 Å². The summed E-state index contributed by atoms with van der Waals surface area (Å²) in [6, 6.07) is 10.9. The minimum Gasteiger partial charge on any atom is -0.478 e. The lowest BCUT2D eigenvalue weighted by Gasteiger charge is -2.31. The van der Waals surface area contributed by atoms with E-state index in [-0.39, 0.29) is 51.5 Å². The van der Waals surface area contributed by atoms with Gasteiger partial charge in [0.1, 0.15) is 12.1 Å². The number of aromatic nitrogens is 9. The van der Waals surface area contributed by atoms with Crippen molar-refractivity contribution in [3.05, 3.63) is 107 Å². The molecular formula is C34H29FN12O7. The number of nitrogens with zero attached hydrogens (tertiary/aromatic N) is 10. The van der Waals surface area contributed by atoms with Gasteiger partial charge in [0.2, 0.25) is 0 Å². The summed E-state index contributed by atoms with van der Waals surface area (Å²) in [6.45, 7) is 1.81. The molecule has 274 valence electrons. The Morgan fingerprint density at radius 2 is 1.52 bits per heavy atom. The number of anilines is 3. The number of nitrogens with one attached hydrogen (secondary N) is 2. The first-order valence-corrected chi connectivity index (χ1v) is 16.4. The van der Waals surface area contributed by atoms with E-state index in [1.807, 2.05) is 4.90 Å². The average molecular weight is 737 g/mol. The number of fused-ring (bicyclic) bond motifs is 1. The van der Waals surface area contributed by atoms with Crippen molar-refractivity contribution in [2.24, 2.45) is 0 Å². The van der Waals surface area contributed by atoms with Crippen LogP contribution in [0.25, 0.3) is 11.5 Å². The molecule has 19 nitrogen and oxygen atoms in total. The Morgan fingerprint density at radius 1 is 0.815 bits per heavy atom. The van der Waals surface area contributed by atoms with Gasteiger partial charge in [-0.15, -0.1) is 25.0 Å². The number of ether oxygens (including phenoxy) is 1. The third-order valence-corrected chi connectivity index (χ3v) is 8.56. The molecular weight excluding hydrogens is 707 g/mol. The summed E-state index contributed by atoms with van der Waals surface area (Å²) in [7, 11) is 0. The van der Waals surface area contributed by atoms with E-state index >= 15 is 4.39 Å². The number of imidazole rings is 1. The summed E-state index contributed by atoms with van der Waals surface area (Å²) in [5.41, 5.74) is 0.710. The lowest BCUT2D eigenvalue weighted by atomic mass is 9.97. The Bertz CT molecular complexity index is 2380. The quantitative estimate of drug-likeness (QED) is 0.141. The third kappa shape index (κ3) is 7.53. The number of tetrazole rings is 1. The maximum absolute atomic E-state index is 15.5. The van der Waals surface area contributed by atoms with Crippen molar-refractivity contribution in [3.63, 3.8) is 0 Å². The zero-order chi connectivity index (χ0) is 37.8. The number of carbonyl (C=O) groups excluding carboxylic acids is 2. The van der Waals surface area contributed by atoms with Crippen LogP contribution in [0, 0.1) is 5.82 Å². The molecule has 4 aromatic heterocycles. The summed E-state index contributed by atoms with van der Waals surface area (Å²) < 4.78 is 23.6. The standard InChI is InChI=1S/C34H29FN12O7/c35-23-17-27(38-32(49)25-5-7-30-41-43-44-47(30)42-25)21(33(50)51)14-19(23)2-1-3-20-15-26(22(34(52)53)16-28(20)45-10-12-54-13-11-45)37-31(48)24-4-6-29(40-39-24)46-9-8-36-18-46/h4-9,14-18H,1-3,10-13H2,(H,37,48)(H,38,49)(H,50,51)(H,52,53). The number of carboxylic acids is 2. The van der Waals surface area contributed by atoms with Gasteiger partial charge in [-0.3, -0.25) is 14.2 Å². The highest BCUT2D eigenvalue weighted by Crippen LogP contribution is 2.32. The fourth-order valence-electron chi connectivity index (χ4n) is 5.89. The van der Waals surface area contributed by atoms with E-state index in [0.717, 1.165) is 16.8 Å². The normalized spacial score (nSPS) is 12.8. The van der Waals surface area contributed by atoms with E-state index in [0.29, 0.717) is 56.2 Å². The van der Waals surface area contributed by atoms with E-state index in [9.17, 15) is 29.4 Å². The first kappa shape index (κ1) is 35.2. The number of aryl methyl sites for hydroxylation is 2. The Balaban J connectivity index is 1.11. The van der Waals surface area contributed by atoms with Crippen LogP contribution in [0.4, 0.5) is 21.5 Å². The van der Waals surface area contributed by atoms with E-state index in [1.54, 1.807) is 29.1 Å². The molecule has 0 unspecified atom stereocenters. The van der Waals surface area contributed by atoms with Crippen molar-refractivity contribution in [1.82, 2.24) is 45.0 Å². The molecule has 1 saturated heterocycles. The lowest BCUT2D eigenvalue weighted by Crippen LogP contribution is -2.37. The summed E-state index contributed by atoms with van der Waals surface area (Å²) >= 11 is 0. The lowest BCUT2D eigenvalue weighted by molar-refractivity contribution is 0.0686. The third-order valence-electron chi connectivity index (χ3n) is 8.56. The number of carbonyl (C=O) groups is 4. The predicted octanol–water partition coefficient (Wildman–Crippen LogP) is 2.55. The molecule has 1 aliphatic rings. The fourth-order valence-corrected chi connectivity index (χ4v) is 5.89. The molecule has 1 aliphatic heterocycles. The van der Waals surface area contributed by atoms with Crippen LogP contribution in [0.2, 0.25) is 0 Å². The molecule has 2 aromatic carbocycles. The fraction of sp³-hybridized carbons (Fsp3) is 0.206. The highest BCUT2D eigenvalue weighted by molar-refractivity contribution is 6.08. The highest BCUT2D eigenvalue weighted by Gasteiger charge is 2.24. The average Bonchev–Trinajstić information content (AvgIpc) is 3.89. The SMILES string of the molecule is O=C(Nc1cc(CCCc2cc(C(=O)O)c(NC(=O)c3ccc4nnnn4n3)cc2F)c(N2CCOCC2)cc1C(=O)O)c1ccc(-n2ccnc2)nn1. The number of morpholine rings is 1. The minimum atomic E-state index is -1.39. The van der Waals surface area contributed by atoms with E-state index in [4.69, 9.17) is 4.74 Å². The van der Waals surface area contributed by atoms with Crippen LogP contribution in [0.1, 0.15) is 59.2 Å². The Kier molecular flexibility index (Phi) is 9.89. The zero-order valence-corrected chi connectivity index (χ0v) is 28.1. The smallest absolute Gasteiger partial charge is 0.337 e. The first-order chi connectivity index (χ1) is 26.1. The molecule has 6 aromatic rings. The van der Waals surface area contributed by atoms with Gasteiger partial charge in [0, 0.05) is 31.2 Å². The molecule has 0 bridgehead atoms. The molecule has 54 heavy (non-hydrogen) atoms. The van der Waals surface area contributed by atoms with E-state index in [2.05, 4.69) is 46.4 Å². The minimum absolute atomic E-state index is 0.0214. The second-order valence-corrected chi connectivity index (χ2v) is 12.0. The molecule has 0 aliphatic carbocycles. The monoisotopic (exact) mass is 736 g/mol. The van der Waals surface area contributed by atoms with Gasteiger partial charge in [0.15, 0.2) is 22.9 Å². The van der Waals surface area contributed by atoms with Crippen LogP contribution in [0.15, 0.2) is 67.3 Å². The summed E-state index contributed by atoms with van der Waals surface area (Å²) in [6.07, 6.45) is 5.43.